The highest BCUT2D eigenvalue weighted by Crippen LogP contribution is 2.32. The number of nitrogens with zero attached hydrogens (tertiary/aromatic N) is 6. The monoisotopic (exact) mass is 540 g/mol. The van der Waals surface area contributed by atoms with E-state index in [2.05, 4.69) is 62.7 Å². The lowest BCUT2D eigenvalue weighted by atomic mass is 9.90. The number of H-pyrrole nitrogens is 1. The number of piperidine rings is 1. The summed E-state index contributed by atoms with van der Waals surface area (Å²) in [7, 11) is 0. The van der Waals surface area contributed by atoms with Crippen LogP contribution in [0.3, 0.4) is 0 Å². The Morgan fingerprint density at radius 2 is 1.88 bits per heavy atom. The summed E-state index contributed by atoms with van der Waals surface area (Å²) in [4.78, 5) is 39.9. The zero-order chi connectivity index (χ0) is 27.8. The first-order valence-electron chi connectivity index (χ1n) is 13.6. The first-order valence-corrected chi connectivity index (χ1v) is 13.6. The molecular weight excluding hydrogens is 508 g/mol. The van der Waals surface area contributed by atoms with Crippen LogP contribution >= 0.6 is 0 Å². The maximum Gasteiger partial charge on any atom is 0.312 e. The maximum atomic E-state index is 13.4. The fourth-order valence-electron chi connectivity index (χ4n) is 5.85. The molecule has 1 fully saturated rings. The van der Waals surface area contributed by atoms with Crippen molar-refractivity contribution in [1.82, 2.24) is 35.2 Å². The number of esters is 1. The number of hydrogen-bond acceptors (Lipinski definition) is 9. The van der Waals surface area contributed by atoms with E-state index in [4.69, 9.17) is 9.72 Å². The normalized spacial score (nSPS) is 19.0. The van der Waals surface area contributed by atoms with Gasteiger partial charge in [-0.15, -0.1) is 0 Å². The van der Waals surface area contributed by atoms with Gasteiger partial charge >= 0.3 is 5.97 Å². The number of nitrogens with one attached hydrogen (secondary N) is 2. The molecule has 40 heavy (non-hydrogen) atoms. The maximum absolute atomic E-state index is 13.4. The fourth-order valence-corrected chi connectivity index (χ4v) is 5.85. The summed E-state index contributed by atoms with van der Waals surface area (Å²) in [6.45, 7) is 8.30. The molecule has 2 aromatic heterocycles. The van der Waals surface area contributed by atoms with Crippen molar-refractivity contribution in [3.05, 3.63) is 70.5 Å². The molecule has 2 atom stereocenters. The van der Waals surface area contributed by atoms with E-state index in [-0.39, 0.29) is 31.1 Å². The molecule has 0 aliphatic carbocycles. The third-order valence-corrected chi connectivity index (χ3v) is 7.64. The zero-order valence-corrected chi connectivity index (χ0v) is 22.8. The number of benzene rings is 2. The van der Waals surface area contributed by atoms with Gasteiger partial charge in [0.2, 0.25) is 5.95 Å². The van der Waals surface area contributed by atoms with E-state index < -0.39 is 5.92 Å². The third kappa shape index (κ3) is 5.12. The van der Waals surface area contributed by atoms with E-state index >= 15 is 0 Å². The first kappa shape index (κ1) is 25.9. The summed E-state index contributed by atoms with van der Waals surface area (Å²) < 4.78 is 5.47. The number of carbonyl (C=O) groups excluding carboxylic acids is 2. The highest BCUT2D eigenvalue weighted by molar-refractivity contribution is 5.97. The minimum absolute atomic E-state index is 0.0776. The van der Waals surface area contributed by atoms with Gasteiger partial charge in [-0.2, -0.15) is 15.4 Å². The number of anilines is 2. The predicted octanol–water partition coefficient (Wildman–Crippen LogP) is 3.52. The van der Waals surface area contributed by atoms with Crippen LogP contribution in [0.25, 0.3) is 11.0 Å². The molecule has 4 heterocycles. The molecule has 0 unspecified atom stereocenters. The molecule has 2 N–H and O–H groups in total. The lowest BCUT2D eigenvalue weighted by Gasteiger charge is -2.41. The van der Waals surface area contributed by atoms with Crippen LogP contribution in [-0.2, 0) is 22.6 Å². The smallest absolute Gasteiger partial charge is 0.312 e. The first-order chi connectivity index (χ1) is 19.4. The predicted molar refractivity (Wildman–Crippen MR) is 149 cm³/mol. The molecule has 2 aliphatic heterocycles. The Kier molecular flexibility index (Phi) is 6.89. The van der Waals surface area contributed by atoms with Crippen molar-refractivity contribution in [2.75, 3.05) is 25.0 Å². The van der Waals surface area contributed by atoms with Gasteiger partial charge in [0.05, 0.1) is 18.2 Å². The van der Waals surface area contributed by atoms with E-state index in [1.165, 1.54) is 11.1 Å². The molecule has 0 radical (unpaired) electrons. The van der Waals surface area contributed by atoms with Crippen molar-refractivity contribution in [3.63, 3.8) is 0 Å². The van der Waals surface area contributed by atoms with Crippen LogP contribution in [0.5, 0.6) is 0 Å². The second-order valence-corrected chi connectivity index (χ2v) is 10.6. The standard InChI is InChI=1S/C29H32N8O3/c1-4-40-28(39)22-15-36(27(38)19-5-6-23-24(12-19)34-35-33-23)8-7-26(22)37-14-20-13-30-29(32-25(20)16-37)31-21-10-17(2)9-18(3)11-21/h5-6,9-13,22,26H,4,7-8,14-16H2,1-3H3,(H,30,31,32)(H,33,34,35)/t22-,26+/m0/s1. The molecule has 2 aliphatic rings. The van der Waals surface area contributed by atoms with Crippen molar-refractivity contribution in [1.29, 1.82) is 0 Å². The van der Waals surface area contributed by atoms with Crippen molar-refractivity contribution in [2.45, 2.75) is 46.3 Å². The minimum Gasteiger partial charge on any atom is -0.466 e. The number of ether oxygens (including phenoxy) is 1. The largest absolute Gasteiger partial charge is 0.466 e. The summed E-state index contributed by atoms with van der Waals surface area (Å²) in [5, 5.41) is 14.0. The van der Waals surface area contributed by atoms with Crippen LogP contribution in [0.15, 0.2) is 42.6 Å². The van der Waals surface area contributed by atoms with E-state index in [0.29, 0.717) is 48.6 Å². The molecule has 11 heteroatoms. The van der Waals surface area contributed by atoms with Crippen molar-refractivity contribution < 1.29 is 14.3 Å². The Morgan fingerprint density at radius 3 is 2.67 bits per heavy atom. The SMILES string of the molecule is CCOC(=O)[C@H]1CN(C(=O)c2ccc3n[nH]nc3c2)CC[C@H]1N1Cc2cnc(Nc3cc(C)cc(C)c3)nc2C1. The number of likely N-dealkylation sites (tertiary alicyclic amines) is 1. The van der Waals surface area contributed by atoms with E-state index in [1.807, 2.05) is 6.20 Å². The number of aromatic amines is 1. The summed E-state index contributed by atoms with van der Waals surface area (Å²) in [5.74, 6) is -0.327. The van der Waals surface area contributed by atoms with Gasteiger partial charge in [-0.3, -0.25) is 14.5 Å². The summed E-state index contributed by atoms with van der Waals surface area (Å²) in [5.41, 5.74) is 7.14. The Labute approximate surface area is 231 Å². The van der Waals surface area contributed by atoms with Gasteiger partial charge in [-0.25, -0.2) is 9.97 Å². The molecule has 206 valence electrons. The second kappa shape index (κ2) is 10.6. The quantitative estimate of drug-likeness (QED) is 0.353. The van der Waals surface area contributed by atoms with Crippen LogP contribution in [0.2, 0.25) is 0 Å². The van der Waals surface area contributed by atoms with Crippen molar-refractivity contribution in [2.24, 2.45) is 5.92 Å². The Hall–Kier alpha value is -4.38. The lowest BCUT2D eigenvalue weighted by molar-refractivity contribution is -0.152. The number of aryl methyl sites for hydroxylation is 2. The van der Waals surface area contributed by atoms with Crippen LogP contribution in [0.4, 0.5) is 11.6 Å². The van der Waals surface area contributed by atoms with E-state index in [0.717, 1.165) is 16.9 Å². The van der Waals surface area contributed by atoms with Crippen LogP contribution in [0, 0.1) is 19.8 Å². The fraction of sp³-hybridized carbons (Fsp3) is 0.379. The molecule has 6 rings (SSSR count). The Morgan fingerprint density at radius 1 is 1.07 bits per heavy atom. The number of rotatable bonds is 6. The van der Waals surface area contributed by atoms with E-state index in [1.54, 1.807) is 30.0 Å². The average molecular weight is 541 g/mol. The summed E-state index contributed by atoms with van der Waals surface area (Å²) in [6, 6.07) is 11.4. The minimum atomic E-state index is -0.469. The second-order valence-electron chi connectivity index (χ2n) is 10.6. The number of amides is 1. The number of carbonyl (C=O) groups is 2. The van der Waals surface area contributed by atoms with Gasteiger partial charge in [0.1, 0.15) is 11.0 Å². The zero-order valence-electron chi connectivity index (χ0n) is 22.8. The van der Waals surface area contributed by atoms with Gasteiger partial charge in [-0.1, -0.05) is 6.07 Å². The average Bonchev–Trinajstić information content (AvgIpc) is 3.58. The molecule has 11 nitrogen and oxygen atoms in total. The molecule has 1 amide bonds. The van der Waals surface area contributed by atoms with Crippen molar-refractivity contribution >= 4 is 34.5 Å². The molecular formula is C29H32N8O3. The van der Waals surface area contributed by atoms with Crippen LogP contribution < -0.4 is 5.32 Å². The van der Waals surface area contributed by atoms with Crippen molar-refractivity contribution in [3.8, 4) is 0 Å². The summed E-state index contributed by atoms with van der Waals surface area (Å²) >= 11 is 0. The highest BCUT2D eigenvalue weighted by Gasteiger charge is 2.42. The Bertz CT molecular complexity index is 1560. The highest BCUT2D eigenvalue weighted by atomic mass is 16.5. The number of fused-ring (bicyclic) bond motifs is 2. The topological polar surface area (TPSA) is 129 Å². The van der Waals surface area contributed by atoms with Crippen LogP contribution in [-0.4, -0.2) is 72.8 Å². The number of hydrogen-bond donors (Lipinski definition) is 2. The summed E-state index contributed by atoms with van der Waals surface area (Å²) in [6.07, 6.45) is 2.52. The van der Waals surface area contributed by atoms with E-state index in [9.17, 15) is 9.59 Å². The molecule has 1 saturated heterocycles. The van der Waals surface area contributed by atoms with Gasteiger partial charge in [0.25, 0.3) is 5.91 Å². The number of aromatic nitrogens is 5. The van der Waals surface area contributed by atoms with Gasteiger partial charge in [-0.05, 0) is 68.7 Å². The molecule has 2 aromatic carbocycles. The molecule has 0 bridgehead atoms. The molecule has 4 aromatic rings. The Balaban J connectivity index is 1.18. The molecule has 0 spiro atoms. The molecule has 0 saturated carbocycles. The lowest BCUT2D eigenvalue weighted by Crippen LogP contribution is -2.54. The third-order valence-electron chi connectivity index (χ3n) is 7.64. The van der Waals surface area contributed by atoms with Gasteiger partial charge in [0, 0.05) is 55.2 Å². The van der Waals surface area contributed by atoms with Gasteiger partial charge < -0.3 is 15.0 Å². The van der Waals surface area contributed by atoms with Gasteiger partial charge in [0.15, 0.2) is 0 Å². The van der Waals surface area contributed by atoms with Crippen LogP contribution in [0.1, 0.15) is 46.1 Å².